The van der Waals surface area contributed by atoms with Crippen molar-refractivity contribution >= 4 is 0 Å². The Balaban J connectivity index is 1.73. The monoisotopic (exact) mass is 585 g/mol. The Morgan fingerprint density at radius 1 is 1.02 bits per heavy atom. The summed E-state index contributed by atoms with van der Waals surface area (Å²) < 4.78 is 18.3. The molecular formula is C35H59N3O4. The minimum atomic E-state index is -0.986. The number of rotatable bonds is 22. The largest absolute Gasteiger partial charge is 0.364 e. The van der Waals surface area contributed by atoms with Crippen LogP contribution in [-0.4, -0.2) is 36.8 Å². The fraction of sp³-hybridized carbons (Fsp3) is 0.771. The zero-order valence-corrected chi connectivity index (χ0v) is 27.1. The molecule has 1 fully saturated rings. The summed E-state index contributed by atoms with van der Waals surface area (Å²) in [6, 6.07) is 9.09. The number of hydrogen-bond acceptors (Lipinski definition) is 5. The van der Waals surface area contributed by atoms with Crippen molar-refractivity contribution in [1.29, 1.82) is 0 Å². The van der Waals surface area contributed by atoms with Crippen LogP contribution in [0.4, 0.5) is 0 Å². The minimum Gasteiger partial charge on any atom is -0.364 e. The lowest BCUT2D eigenvalue weighted by molar-refractivity contribution is -0.251. The van der Waals surface area contributed by atoms with Gasteiger partial charge in [-0.3, -0.25) is 0 Å². The molecule has 42 heavy (non-hydrogen) atoms. The molecule has 1 aromatic carbocycles. The van der Waals surface area contributed by atoms with Gasteiger partial charge in [-0.05, 0) is 49.0 Å². The normalized spacial score (nSPS) is 23.8. The highest BCUT2D eigenvalue weighted by atomic mass is 16.7. The Morgan fingerprint density at radius 2 is 1.69 bits per heavy atom. The fourth-order valence-corrected chi connectivity index (χ4v) is 5.62. The molecule has 0 bridgehead atoms. The maximum Gasteiger partial charge on any atom is 0.181 e. The molecule has 7 heteroatoms. The number of allylic oxidation sites excluding steroid dienone is 2. The second-order valence-electron chi connectivity index (χ2n) is 12.6. The van der Waals surface area contributed by atoms with Crippen LogP contribution in [0.2, 0.25) is 0 Å². The lowest BCUT2D eigenvalue weighted by Crippen LogP contribution is -2.43. The van der Waals surface area contributed by atoms with Crippen molar-refractivity contribution < 1.29 is 19.3 Å². The molecule has 0 saturated carbocycles. The Hall–Kier alpha value is -1.89. The first-order chi connectivity index (χ1) is 20.4. The van der Waals surface area contributed by atoms with Crippen LogP contribution in [0.15, 0.2) is 47.6 Å². The standard InChI is InChI=1S/C35H59N3O4/c1-6-7-8-9-10-11-12-13-14-15-16-18-21-27(2)29(4)33(37-38-36)26-41-35-30(5)28(3)24-32(42-35)25-40-34(39)31-22-19-17-20-23-31/h16-20,22-23,27-30,32-35,39H,6-15,21,24-26H2,1-5H3/t27-,28?,29-,30?,32?,33+,34?,35?/m1/s1. The van der Waals surface area contributed by atoms with Gasteiger partial charge in [-0.15, -0.1) is 0 Å². The number of aliphatic hydroxyl groups excluding tert-OH is 1. The minimum absolute atomic E-state index is 0.176. The second-order valence-corrected chi connectivity index (χ2v) is 12.6. The van der Waals surface area contributed by atoms with E-state index in [1.165, 1.54) is 57.8 Å². The molecule has 0 radical (unpaired) electrons. The van der Waals surface area contributed by atoms with Crippen LogP contribution in [0, 0.1) is 23.7 Å². The van der Waals surface area contributed by atoms with Gasteiger partial charge >= 0.3 is 0 Å². The van der Waals surface area contributed by atoms with Crippen LogP contribution < -0.4 is 0 Å². The van der Waals surface area contributed by atoms with E-state index in [0.717, 1.165) is 24.8 Å². The van der Waals surface area contributed by atoms with Crippen LogP contribution in [0.25, 0.3) is 10.4 Å². The van der Waals surface area contributed by atoms with E-state index in [1.54, 1.807) is 0 Å². The van der Waals surface area contributed by atoms with Gasteiger partial charge in [0.05, 0.1) is 25.4 Å². The van der Waals surface area contributed by atoms with Gasteiger partial charge in [0, 0.05) is 16.4 Å². The van der Waals surface area contributed by atoms with E-state index in [4.69, 9.17) is 14.2 Å². The van der Waals surface area contributed by atoms with Gasteiger partial charge in [-0.1, -0.05) is 134 Å². The Bertz CT molecular complexity index is 891. The maximum atomic E-state index is 10.4. The molecule has 238 valence electrons. The fourth-order valence-electron chi connectivity index (χ4n) is 5.62. The molecule has 8 atom stereocenters. The molecule has 0 amide bonds. The number of benzene rings is 1. The third-order valence-corrected chi connectivity index (χ3v) is 9.10. The van der Waals surface area contributed by atoms with E-state index in [1.807, 2.05) is 30.3 Å². The van der Waals surface area contributed by atoms with Crippen LogP contribution in [0.5, 0.6) is 0 Å². The molecule has 1 N–H and O–H groups in total. The van der Waals surface area contributed by atoms with E-state index in [2.05, 4.69) is 56.8 Å². The molecule has 1 aliphatic rings. The first-order valence-corrected chi connectivity index (χ1v) is 16.7. The molecule has 7 nitrogen and oxygen atoms in total. The Morgan fingerprint density at radius 3 is 2.36 bits per heavy atom. The van der Waals surface area contributed by atoms with Crippen LogP contribution >= 0.6 is 0 Å². The van der Waals surface area contributed by atoms with E-state index in [0.29, 0.717) is 18.4 Å². The van der Waals surface area contributed by atoms with E-state index in [9.17, 15) is 10.6 Å². The zero-order valence-electron chi connectivity index (χ0n) is 27.1. The van der Waals surface area contributed by atoms with Crippen molar-refractivity contribution in [2.24, 2.45) is 28.8 Å². The quantitative estimate of drug-likeness (QED) is 0.0366. The van der Waals surface area contributed by atoms with E-state index >= 15 is 0 Å². The number of hydrogen-bond donors (Lipinski definition) is 1. The van der Waals surface area contributed by atoms with Crippen molar-refractivity contribution in [3.05, 3.63) is 58.5 Å². The van der Waals surface area contributed by atoms with Crippen molar-refractivity contribution in [3.8, 4) is 0 Å². The van der Waals surface area contributed by atoms with Gasteiger partial charge in [0.15, 0.2) is 12.6 Å². The van der Waals surface area contributed by atoms with Crippen molar-refractivity contribution in [3.63, 3.8) is 0 Å². The number of aliphatic hydroxyl groups is 1. The molecule has 0 aromatic heterocycles. The summed E-state index contributed by atoms with van der Waals surface area (Å²) in [5.41, 5.74) is 9.99. The maximum absolute atomic E-state index is 10.4. The summed E-state index contributed by atoms with van der Waals surface area (Å²) in [7, 11) is 0. The Labute approximate surface area is 256 Å². The molecular weight excluding hydrogens is 526 g/mol. The first kappa shape index (κ1) is 36.3. The van der Waals surface area contributed by atoms with Gasteiger partial charge in [0.25, 0.3) is 0 Å². The molecule has 1 heterocycles. The zero-order chi connectivity index (χ0) is 30.6. The summed E-state index contributed by atoms with van der Waals surface area (Å²) in [6.07, 6.45) is 18.2. The van der Waals surface area contributed by atoms with Gasteiger partial charge in [0.1, 0.15) is 0 Å². The van der Waals surface area contributed by atoms with Crippen molar-refractivity contribution in [2.75, 3.05) is 13.2 Å². The lowest BCUT2D eigenvalue weighted by atomic mass is 9.86. The van der Waals surface area contributed by atoms with Crippen molar-refractivity contribution in [1.82, 2.24) is 0 Å². The van der Waals surface area contributed by atoms with Crippen LogP contribution in [0.3, 0.4) is 0 Å². The smallest absolute Gasteiger partial charge is 0.181 e. The summed E-state index contributed by atoms with van der Waals surface area (Å²) in [5.74, 6) is 1.11. The molecule has 0 spiro atoms. The van der Waals surface area contributed by atoms with Gasteiger partial charge in [0.2, 0.25) is 0 Å². The average molecular weight is 586 g/mol. The first-order valence-electron chi connectivity index (χ1n) is 16.7. The summed E-state index contributed by atoms with van der Waals surface area (Å²) >= 11 is 0. The molecule has 1 aromatic rings. The van der Waals surface area contributed by atoms with Crippen molar-refractivity contribution in [2.45, 2.75) is 136 Å². The van der Waals surface area contributed by atoms with Crippen LogP contribution in [0.1, 0.15) is 124 Å². The highest BCUT2D eigenvalue weighted by molar-refractivity contribution is 5.15. The number of nitrogens with zero attached hydrogens (tertiary/aromatic N) is 3. The van der Waals surface area contributed by atoms with Gasteiger partial charge in [-0.2, -0.15) is 0 Å². The summed E-state index contributed by atoms with van der Waals surface area (Å²) in [5, 5.41) is 14.5. The molecule has 5 unspecified atom stereocenters. The van der Waals surface area contributed by atoms with E-state index in [-0.39, 0.29) is 30.6 Å². The molecule has 1 aliphatic heterocycles. The Kier molecular flexibility index (Phi) is 18.8. The summed E-state index contributed by atoms with van der Waals surface area (Å²) in [6.45, 7) is 11.6. The number of azide groups is 1. The SMILES string of the molecule is CCCCCCCCCCCC=CC[C@@H](C)[C@@H](C)[C@H](COC1OC(COC(O)c2ccccc2)CC(C)C1C)N=[N+]=[N-]. The third-order valence-electron chi connectivity index (χ3n) is 9.10. The number of ether oxygens (including phenoxy) is 3. The predicted molar refractivity (Wildman–Crippen MR) is 172 cm³/mol. The average Bonchev–Trinajstić information content (AvgIpc) is 3.00. The summed E-state index contributed by atoms with van der Waals surface area (Å²) in [4.78, 5) is 3.13. The highest BCUT2D eigenvalue weighted by Crippen LogP contribution is 2.32. The molecule has 0 aliphatic carbocycles. The topological polar surface area (TPSA) is 96.7 Å². The van der Waals surface area contributed by atoms with Gasteiger partial charge < -0.3 is 19.3 Å². The highest BCUT2D eigenvalue weighted by Gasteiger charge is 2.35. The molecule has 2 rings (SSSR count). The molecule has 1 saturated heterocycles. The predicted octanol–water partition coefficient (Wildman–Crippen LogP) is 9.92. The van der Waals surface area contributed by atoms with Crippen LogP contribution in [-0.2, 0) is 14.2 Å². The van der Waals surface area contributed by atoms with Gasteiger partial charge in [-0.25, -0.2) is 0 Å². The van der Waals surface area contributed by atoms with E-state index < -0.39 is 12.6 Å². The third kappa shape index (κ3) is 14.1. The lowest BCUT2D eigenvalue weighted by Gasteiger charge is -2.39. The second kappa shape index (κ2) is 21.7. The number of unbranched alkanes of at least 4 members (excludes halogenated alkanes) is 9.